The van der Waals surface area contributed by atoms with Crippen molar-refractivity contribution in [1.29, 1.82) is 0 Å². The van der Waals surface area contributed by atoms with Gasteiger partial charge in [0.15, 0.2) is 0 Å². The van der Waals surface area contributed by atoms with Crippen molar-refractivity contribution < 1.29 is 8.42 Å². The molecule has 0 aliphatic carbocycles. The first-order chi connectivity index (χ1) is 9.25. The molecule has 0 aliphatic rings. The van der Waals surface area contributed by atoms with Gasteiger partial charge >= 0.3 is 0 Å². The Hall–Kier alpha value is -1.59. The Kier molecular flexibility index (Phi) is 4.01. The molecular weight excluding hydrogens is 272 g/mol. The van der Waals surface area contributed by atoms with E-state index < -0.39 is 15.6 Å². The predicted molar refractivity (Wildman–Crippen MR) is 84.5 cm³/mol. The Morgan fingerprint density at radius 1 is 1.05 bits per heavy atom. The first-order valence-electron chi connectivity index (χ1n) is 6.47. The van der Waals surface area contributed by atoms with E-state index >= 15 is 0 Å². The van der Waals surface area contributed by atoms with E-state index in [0.29, 0.717) is 6.54 Å². The van der Waals surface area contributed by atoms with Gasteiger partial charge in [0.1, 0.15) is 0 Å². The molecule has 0 saturated heterocycles. The van der Waals surface area contributed by atoms with E-state index in [9.17, 15) is 8.42 Å². The highest BCUT2D eigenvalue weighted by Gasteiger charge is 2.21. The zero-order chi connectivity index (χ0) is 14.8. The van der Waals surface area contributed by atoms with E-state index in [1.165, 1.54) is 11.6 Å². The van der Waals surface area contributed by atoms with E-state index in [0.717, 1.165) is 11.1 Å². The Bertz CT molecular complexity index is 709. The van der Waals surface area contributed by atoms with Gasteiger partial charge in [0.05, 0.1) is 6.26 Å². The second-order valence-corrected chi connectivity index (χ2v) is 7.42. The molecule has 0 fully saturated rings. The van der Waals surface area contributed by atoms with Crippen molar-refractivity contribution in [2.24, 2.45) is 0 Å². The number of sulfonamides is 1. The molecule has 0 amide bonds. The second kappa shape index (κ2) is 5.42. The van der Waals surface area contributed by atoms with Crippen molar-refractivity contribution in [1.82, 2.24) is 4.72 Å². The van der Waals surface area contributed by atoms with Gasteiger partial charge in [-0.3, -0.25) is 0 Å². The summed E-state index contributed by atoms with van der Waals surface area (Å²) in [7, 11) is -3.21. The molecule has 2 N–H and O–H groups in total. The molecule has 0 heterocycles. The molecule has 0 unspecified atom stereocenters. The summed E-state index contributed by atoms with van der Waals surface area (Å²) in [5.74, 6) is 0. The van der Waals surface area contributed by atoms with Gasteiger partial charge in [-0.2, -0.15) is 0 Å². The average molecular weight is 292 g/mol. The monoisotopic (exact) mass is 292 g/mol. The molecule has 0 spiro atoms. The van der Waals surface area contributed by atoms with Crippen LogP contribution in [0.4, 0.5) is 5.69 Å². The molecule has 108 valence electrons. The fourth-order valence-corrected chi connectivity index (χ4v) is 3.24. The Morgan fingerprint density at radius 2 is 1.70 bits per heavy atom. The van der Waals surface area contributed by atoms with Crippen molar-refractivity contribution >= 4 is 26.5 Å². The number of nitrogens with one attached hydrogen (secondary N) is 2. The standard InChI is InChI=1S/C15H20N2O2S/c1-15(2,17-20(3,18)19)11-16-14-9-8-12-6-4-5-7-13(12)10-14/h4-10,16-17H,11H2,1-3H3. The molecule has 5 heteroatoms. The van der Waals surface area contributed by atoms with Gasteiger partial charge in [0, 0.05) is 17.8 Å². The van der Waals surface area contributed by atoms with Crippen molar-refractivity contribution in [3.8, 4) is 0 Å². The second-order valence-electron chi connectivity index (χ2n) is 5.67. The van der Waals surface area contributed by atoms with E-state index in [4.69, 9.17) is 0 Å². The third-order valence-electron chi connectivity index (χ3n) is 2.95. The SMILES string of the molecule is CC(C)(CNc1ccc2ccccc2c1)NS(C)(=O)=O. The fraction of sp³-hybridized carbons (Fsp3) is 0.333. The maximum atomic E-state index is 11.3. The van der Waals surface area contributed by atoms with Crippen LogP contribution in [-0.4, -0.2) is 26.8 Å². The van der Waals surface area contributed by atoms with Gasteiger partial charge in [-0.1, -0.05) is 30.3 Å². The van der Waals surface area contributed by atoms with Crippen LogP contribution in [-0.2, 0) is 10.0 Å². The van der Waals surface area contributed by atoms with Crippen molar-refractivity contribution in [3.05, 3.63) is 42.5 Å². The summed E-state index contributed by atoms with van der Waals surface area (Å²) in [6, 6.07) is 14.2. The van der Waals surface area contributed by atoms with E-state index in [-0.39, 0.29) is 0 Å². The Morgan fingerprint density at radius 3 is 2.35 bits per heavy atom. The summed E-state index contributed by atoms with van der Waals surface area (Å²) in [4.78, 5) is 0. The molecule has 2 aromatic carbocycles. The maximum absolute atomic E-state index is 11.3. The van der Waals surface area contributed by atoms with Crippen LogP contribution in [0, 0.1) is 0 Å². The fourth-order valence-electron chi connectivity index (χ4n) is 2.16. The molecule has 0 aromatic heterocycles. The molecule has 20 heavy (non-hydrogen) atoms. The third kappa shape index (κ3) is 4.21. The summed E-state index contributed by atoms with van der Waals surface area (Å²) in [5, 5.41) is 5.62. The first kappa shape index (κ1) is 14.8. The summed E-state index contributed by atoms with van der Waals surface area (Å²) in [6.07, 6.45) is 1.17. The number of hydrogen-bond donors (Lipinski definition) is 2. The summed E-state index contributed by atoms with van der Waals surface area (Å²) in [6.45, 7) is 4.21. The molecule has 2 rings (SSSR count). The molecule has 0 radical (unpaired) electrons. The topological polar surface area (TPSA) is 58.2 Å². The van der Waals surface area contributed by atoms with Crippen molar-refractivity contribution in [3.63, 3.8) is 0 Å². The van der Waals surface area contributed by atoms with Crippen LogP contribution in [0.5, 0.6) is 0 Å². The smallest absolute Gasteiger partial charge is 0.209 e. The molecular formula is C15H20N2O2S. The van der Waals surface area contributed by atoms with Gasteiger partial charge in [-0.05, 0) is 36.8 Å². The minimum absolute atomic E-state index is 0.512. The normalized spacial score (nSPS) is 12.6. The quantitative estimate of drug-likeness (QED) is 0.890. The highest BCUT2D eigenvalue weighted by atomic mass is 32.2. The first-order valence-corrected chi connectivity index (χ1v) is 8.36. The number of fused-ring (bicyclic) bond motifs is 1. The number of benzene rings is 2. The van der Waals surface area contributed by atoms with Crippen LogP contribution in [0.25, 0.3) is 10.8 Å². The van der Waals surface area contributed by atoms with Crippen molar-refractivity contribution in [2.45, 2.75) is 19.4 Å². The zero-order valence-electron chi connectivity index (χ0n) is 12.0. The van der Waals surface area contributed by atoms with E-state index in [1.807, 2.05) is 32.0 Å². The zero-order valence-corrected chi connectivity index (χ0v) is 12.8. The van der Waals surface area contributed by atoms with Crippen LogP contribution in [0.1, 0.15) is 13.8 Å². The van der Waals surface area contributed by atoms with Gasteiger partial charge in [0.25, 0.3) is 0 Å². The largest absolute Gasteiger partial charge is 0.383 e. The van der Waals surface area contributed by atoms with Crippen LogP contribution < -0.4 is 10.0 Å². The lowest BCUT2D eigenvalue weighted by Gasteiger charge is -2.26. The van der Waals surface area contributed by atoms with Gasteiger partial charge < -0.3 is 5.32 Å². The summed E-state index contributed by atoms with van der Waals surface area (Å²) < 4.78 is 25.2. The van der Waals surface area contributed by atoms with Crippen LogP contribution in [0.2, 0.25) is 0 Å². The van der Waals surface area contributed by atoms with E-state index in [1.54, 1.807) is 0 Å². The molecule has 0 bridgehead atoms. The average Bonchev–Trinajstić information content (AvgIpc) is 2.33. The van der Waals surface area contributed by atoms with Crippen LogP contribution in [0.3, 0.4) is 0 Å². The van der Waals surface area contributed by atoms with Gasteiger partial charge in [-0.15, -0.1) is 0 Å². The minimum Gasteiger partial charge on any atom is -0.383 e. The van der Waals surface area contributed by atoms with E-state index in [2.05, 4.69) is 34.3 Å². The lowest BCUT2D eigenvalue weighted by Crippen LogP contribution is -2.47. The van der Waals surface area contributed by atoms with Gasteiger partial charge in [-0.25, -0.2) is 13.1 Å². The Balaban J connectivity index is 2.09. The summed E-state index contributed by atoms with van der Waals surface area (Å²) in [5.41, 5.74) is 0.436. The lowest BCUT2D eigenvalue weighted by atomic mass is 10.1. The van der Waals surface area contributed by atoms with Gasteiger partial charge in [0.2, 0.25) is 10.0 Å². The number of hydrogen-bond acceptors (Lipinski definition) is 3. The minimum atomic E-state index is -3.21. The molecule has 2 aromatic rings. The van der Waals surface area contributed by atoms with Crippen LogP contribution in [0.15, 0.2) is 42.5 Å². The number of anilines is 1. The molecule has 4 nitrogen and oxygen atoms in total. The highest BCUT2D eigenvalue weighted by Crippen LogP contribution is 2.19. The lowest BCUT2D eigenvalue weighted by molar-refractivity contribution is 0.476. The third-order valence-corrected chi connectivity index (χ3v) is 3.87. The van der Waals surface area contributed by atoms with Crippen molar-refractivity contribution in [2.75, 3.05) is 18.1 Å². The highest BCUT2D eigenvalue weighted by molar-refractivity contribution is 7.88. The molecule has 0 aliphatic heterocycles. The maximum Gasteiger partial charge on any atom is 0.209 e. The molecule has 0 saturated carbocycles. The number of rotatable bonds is 5. The molecule has 0 atom stereocenters. The Labute approximate surface area is 120 Å². The van der Waals surface area contributed by atoms with Crippen LogP contribution >= 0.6 is 0 Å². The summed E-state index contributed by atoms with van der Waals surface area (Å²) >= 11 is 0. The predicted octanol–water partition coefficient (Wildman–Crippen LogP) is 2.58.